The molecule has 0 radical (unpaired) electrons. The van der Waals surface area contributed by atoms with Crippen LogP contribution in [0.2, 0.25) is 0 Å². The monoisotopic (exact) mass is 120 g/mol. The van der Waals surface area contributed by atoms with E-state index in [1.54, 1.807) is 0 Å². The molecule has 0 amide bonds. The number of aromatic amines is 1. The number of rotatable bonds is 0. The molecule has 2 nitrogen and oxygen atoms in total. The average Bonchev–Trinajstić information content (AvgIpc) is 2.33. The molecular formula is C7H8N2. The van der Waals surface area contributed by atoms with Gasteiger partial charge in [0.2, 0.25) is 0 Å². The van der Waals surface area contributed by atoms with Crippen molar-refractivity contribution in [2.45, 2.75) is 12.8 Å². The van der Waals surface area contributed by atoms with Gasteiger partial charge in [0, 0.05) is 5.22 Å². The summed E-state index contributed by atoms with van der Waals surface area (Å²) in [6, 6.07) is 0. The Labute approximate surface area is 52.9 Å². The normalized spacial score (nSPS) is 15.6. The minimum Gasteiger partial charge on any atom is -0.278 e. The van der Waals surface area contributed by atoms with Gasteiger partial charge >= 0.3 is 0 Å². The lowest BCUT2D eigenvalue weighted by atomic mass is 10.2. The van der Waals surface area contributed by atoms with Crippen molar-refractivity contribution in [2.24, 2.45) is 0 Å². The van der Waals surface area contributed by atoms with Crippen LogP contribution in [0.25, 0.3) is 12.2 Å². The van der Waals surface area contributed by atoms with Crippen LogP contribution in [0.4, 0.5) is 0 Å². The Morgan fingerprint density at radius 3 is 3.11 bits per heavy atom. The van der Waals surface area contributed by atoms with E-state index in [1.807, 2.05) is 6.20 Å². The van der Waals surface area contributed by atoms with Crippen molar-refractivity contribution in [3.8, 4) is 0 Å². The lowest BCUT2D eigenvalue weighted by Crippen LogP contribution is -2.23. The fourth-order valence-electron chi connectivity index (χ4n) is 1.10. The minimum absolute atomic E-state index is 1.15. The van der Waals surface area contributed by atoms with Gasteiger partial charge in [-0.3, -0.25) is 5.10 Å². The SMILES string of the molecule is C1=c2cn[nH]c2=CCC1. The molecule has 9 heavy (non-hydrogen) atoms. The molecule has 0 unspecified atom stereocenters. The predicted octanol–water partition coefficient (Wildman–Crippen LogP) is -0.236. The quantitative estimate of drug-likeness (QED) is 0.503. The summed E-state index contributed by atoms with van der Waals surface area (Å²) in [7, 11) is 0. The van der Waals surface area contributed by atoms with Crippen LogP contribution in [0, 0.1) is 0 Å². The number of hydrogen-bond acceptors (Lipinski definition) is 1. The Morgan fingerprint density at radius 1 is 1.33 bits per heavy atom. The zero-order valence-electron chi connectivity index (χ0n) is 5.09. The van der Waals surface area contributed by atoms with Crippen LogP contribution in [-0.2, 0) is 0 Å². The highest BCUT2D eigenvalue weighted by Gasteiger charge is 1.91. The predicted molar refractivity (Wildman–Crippen MR) is 36.0 cm³/mol. The summed E-state index contributed by atoms with van der Waals surface area (Å²) in [6.07, 6.45) is 8.56. The first-order chi connectivity index (χ1) is 4.47. The maximum Gasteiger partial charge on any atom is 0.0607 e. The largest absolute Gasteiger partial charge is 0.278 e. The van der Waals surface area contributed by atoms with Gasteiger partial charge in [0.15, 0.2) is 0 Å². The molecule has 1 aromatic rings. The Morgan fingerprint density at radius 2 is 2.22 bits per heavy atom. The highest BCUT2D eigenvalue weighted by molar-refractivity contribution is 5.34. The molecule has 0 saturated heterocycles. The van der Waals surface area contributed by atoms with Crippen LogP contribution in [0.15, 0.2) is 6.20 Å². The fraction of sp³-hybridized carbons (Fsp3) is 0.286. The summed E-state index contributed by atoms with van der Waals surface area (Å²) in [5.41, 5.74) is 0. The molecule has 0 fully saturated rings. The zero-order valence-corrected chi connectivity index (χ0v) is 5.09. The third-order valence-corrected chi connectivity index (χ3v) is 1.58. The van der Waals surface area contributed by atoms with E-state index in [-0.39, 0.29) is 0 Å². The highest BCUT2D eigenvalue weighted by Crippen LogP contribution is 1.92. The molecule has 0 saturated carbocycles. The molecule has 0 bridgehead atoms. The van der Waals surface area contributed by atoms with E-state index in [0.717, 1.165) is 12.8 Å². The van der Waals surface area contributed by atoms with Crippen LogP contribution >= 0.6 is 0 Å². The second kappa shape index (κ2) is 1.72. The summed E-state index contributed by atoms with van der Waals surface area (Å²) in [6.45, 7) is 0. The van der Waals surface area contributed by atoms with Gasteiger partial charge in [0.1, 0.15) is 0 Å². The topological polar surface area (TPSA) is 28.7 Å². The van der Waals surface area contributed by atoms with Gasteiger partial charge < -0.3 is 0 Å². The summed E-state index contributed by atoms with van der Waals surface area (Å²) in [5.74, 6) is 0. The third-order valence-electron chi connectivity index (χ3n) is 1.58. The molecule has 0 aliphatic heterocycles. The van der Waals surface area contributed by atoms with Gasteiger partial charge in [-0.2, -0.15) is 5.10 Å². The summed E-state index contributed by atoms with van der Waals surface area (Å²) < 4.78 is 0. The summed E-state index contributed by atoms with van der Waals surface area (Å²) >= 11 is 0. The molecule has 46 valence electrons. The van der Waals surface area contributed by atoms with Gasteiger partial charge in [-0.05, 0) is 12.8 Å². The molecule has 0 atom stereocenters. The smallest absolute Gasteiger partial charge is 0.0607 e. The molecule has 1 N–H and O–H groups in total. The van der Waals surface area contributed by atoms with Crippen molar-refractivity contribution in [1.82, 2.24) is 10.2 Å². The van der Waals surface area contributed by atoms with Crippen molar-refractivity contribution >= 4 is 12.2 Å². The van der Waals surface area contributed by atoms with Crippen molar-refractivity contribution in [3.63, 3.8) is 0 Å². The van der Waals surface area contributed by atoms with Crippen molar-refractivity contribution in [2.75, 3.05) is 0 Å². The number of nitrogens with zero attached hydrogens (tertiary/aromatic N) is 1. The van der Waals surface area contributed by atoms with Crippen LogP contribution < -0.4 is 10.6 Å². The molecule has 2 rings (SSSR count). The molecule has 2 heteroatoms. The first-order valence-corrected chi connectivity index (χ1v) is 3.16. The van der Waals surface area contributed by atoms with E-state index < -0.39 is 0 Å². The van der Waals surface area contributed by atoms with Crippen LogP contribution in [0.5, 0.6) is 0 Å². The van der Waals surface area contributed by atoms with E-state index in [1.165, 1.54) is 10.6 Å². The lowest BCUT2D eigenvalue weighted by Gasteiger charge is -1.90. The molecule has 1 heterocycles. The van der Waals surface area contributed by atoms with Gasteiger partial charge in [0.05, 0.1) is 11.5 Å². The summed E-state index contributed by atoms with van der Waals surface area (Å²) in [4.78, 5) is 0. The average molecular weight is 120 g/mol. The van der Waals surface area contributed by atoms with Gasteiger partial charge in [-0.25, -0.2) is 0 Å². The number of H-pyrrole nitrogens is 1. The minimum atomic E-state index is 1.15. The van der Waals surface area contributed by atoms with Crippen LogP contribution in [-0.4, -0.2) is 10.2 Å². The number of nitrogens with one attached hydrogen (secondary N) is 1. The van der Waals surface area contributed by atoms with E-state index in [2.05, 4.69) is 22.3 Å². The molecule has 1 aliphatic rings. The maximum absolute atomic E-state index is 3.92. The van der Waals surface area contributed by atoms with Crippen LogP contribution in [0.1, 0.15) is 12.8 Å². The maximum atomic E-state index is 3.92. The fourth-order valence-corrected chi connectivity index (χ4v) is 1.10. The summed E-state index contributed by atoms with van der Waals surface area (Å²) in [5, 5.41) is 9.27. The lowest BCUT2D eigenvalue weighted by molar-refractivity contribution is 1.04. The van der Waals surface area contributed by atoms with E-state index in [0.29, 0.717) is 0 Å². The second-order valence-electron chi connectivity index (χ2n) is 2.22. The highest BCUT2D eigenvalue weighted by atomic mass is 15.1. The molecule has 1 aromatic heterocycles. The van der Waals surface area contributed by atoms with E-state index in [4.69, 9.17) is 0 Å². The zero-order chi connectivity index (χ0) is 6.10. The number of fused-ring (bicyclic) bond motifs is 1. The number of aromatic nitrogens is 2. The Bertz CT molecular complexity index is 277. The van der Waals surface area contributed by atoms with Crippen LogP contribution in [0.3, 0.4) is 0 Å². The molecule has 0 aromatic carbocycles. The molecule has 1 aliphatic carbocycles. The van der Waals surface area contributed by atoms with Gasteiger partial charge in [-0.1, -0.05) is 12.2 Å². The van der Waals surface area contributed by atoms with E-state index in [9.17, 15) is 0 Å². The van der Waals surface area contributed by atoms with Gasteiger partial charge in [-0.15, -0.1) is 0 Å². The van der Waals surface area contributed by atoms with Crippen molar-refractivity contribution in [3.05, 3.63) is 16.8 Å². The first kappa shape index (κ1) is 4.79. The Hall–Kier alpha value is -1.05. The first-order valence-electron chi connectivity index (χ1n) is 3.16. The van der Waals surface area contributed by atoms with Crippen molar-refractivity contribution < 1.29 is 0 Å². The Balaban J connectivity index is 2.89. The Kier molecular flexibility index (Phi) is 0.918. The standard InChI is InChI=1S/C7H8N2/c1-2-4-7-6(3-1)5-8-9-7/h3-5,9H,1-2H2. The van der Waals surface area contributed by atoms with Gasteiger partial charge in [0.25, 0.3) is 0 Å². The second-order valence-corrected chi connectivity index (χ2v) is 2.22. The van der Waals surface area contributed by atoms with E-state index >= 15 is 0 Å². The molecular weight excluding hydrogens is 112 g/mol. The molecule has 0 spiro atoms. The third kappa shape index (κ3) is 0.669. The number of hydrogen-bond donors (Lipinski definition) is 1. The van der Waals surface area contributed by atoms with Crippen molar-refractivity contribution in [1.29, 1.82) is 0 Å².